The van der Waals surface area contributed by atoms with Gasteiger partial charge >= 0.3 is 0 Å². The topological polar surface area (TPSA) is 55.0 Å². The molecule has 0 aliphatic heterocycles. The number of aromatic amines is 1. The van der Waals surface area contributed by atoms with Crippen molar-refractivity contribution in [3.8, 4) is 0 Å². The van der Waals surface area contributed by atoms with Gasteiger partial charge in [-0.15, -0.1) is 0 Å². The van der Waals surface area contributed by atoms with E-state index in [1.807, 2.05) is 31.2 Å². The van der Waals surface area contributed by atoms with Crippen LogP contribution in [0.4, 0.5) is 0 Å². The number of rotatable bonds is 4. The second-order valence-corrected chi connectivity index (χ2v) is 5.76. The highest BCUT2D eigenvalue weighted by Gasteiger charge is 2.16. The van der Waals surface area contributed by atoms with Gasteiger partial charge in [0, 0.05) is 17.4 Å². The van der Waals surface area contributed by atoms with E-state index >= 15 is 0 Å². The molecule has 4 heteroatoms. The van der Waals surface area contributed by atoms with Crippen molar-refractivity contribution in [2.45, 2.75) is 17.2 Å². The second kappa shape index (κ2) is 5.15. The fourth-order valence-electron chi connectivity index (χ4n) is 2.11. The smallest absolute Gasteiger partial charge is 0.118 e. The highest BCUT2D eigenvalue weighted by atomic mass is 32.2. The summed E-state index contributed by atoms with van der Waals surface area (Å²) in [5.41, 5.74) is 7.01. The number of hydrogen-bond donors (Lipinski definition) is 2. The Labute approximate surface area is 116 Å². The van der Waals surface area contributed by atoms with E-state index in [4.69, 9.17) is 10.2 Å². The lowest BCUT2D eigenvalue weighted by Crippen LogP contribution is -2.08. The van der Waals surface area contributed by atoms with Crippen LogP contribution in [0.1, 0.15) is 16.8 Å². The fourth-order valence-corrected chi connectivity index (χ4v) is 3.12. The lowest BCUT2D eigenvalue weighted by atomic mass is 10.3. The molecule has 0 saturated carbocycles. The number of fused-ring (bicyclic) bond motifs is 1. The van der Waals surface area contributed by atoms with Crippen LogP contribution >= 0.6 is 11.8 Å². The third-order valence-electron chi connectivity index (χ3n) is 3.07. The normalized spacial score (nSPS) is 12.9. The maximum Gasteiger partial charge on any atom is 0.118 e. The van der Waals surface area contributed by atoms with Gasteiger partial charge in [-0.05, 0) is 31.2 Å². The van der Waals surface area contributed by atoms with E-state index in [9.17, 15) is 0 Å². The van der Waals surface area contributed by atoms with E-state index < -0.39 is 0 Å². The molecular weight excluding hydrogens is 256 g/mol. The highest BCUT2D eigenvalue weighted by molar-refractivity contribution is 7.99. The van der Waals surface area contributed by atoms with Crippen LogP contribution in [0.3, 0.4) is 0 Å². The molecule has 3 aromatic rings. The van der Waals surface area contributed by atoms with E-state index in [1.54, 1.807) is 11.8 Å². The monoisotopic (exact) mass is 272 g/mol. The average Bonchev–Trinajstić information content (AvgIpc) is 3.01. The van der Waals surface area contributed by atoms with Crippen molar-refractivity contribution in [3.05, 3.63) is 54.0 Å². The van der Waals surface area contributed by atoms with Crippen LogP contribution in [0.25, 0.3) is 10.9 Å². The summed E-state index contributed by atoms with van der Waals surface area (Å²) in [6.07, 6.45) is 0. The number of para-hydroxylation sites is 1. The molecular formula is C15H16N2OS. The molecule has 0 saturated heterocycles. The van der Waals surface area contributed by atoms with Gasteiger partial charge in [-0.3, -0.25) is 0 Å². The molecule has 3 rings (SSSR count). The first-order valence-electron chi connectivity index (χ1n) is 6.27. The minimum absolute atomic E-state index is 0.141. The Hall–Kier alpha value is -1.65. The number of aromatic nitrogens is 1. The lowest BCUT2D eigenvalue weighted by Gasteiger charge is -2.10. The van der Waals surface area contributed by atoms with Crippen LogP contribution in [0, 0.1) is 6.92 Å². The first-order valence-corrected chi connectivity index (χ1v) is 7.15. The summed E-state index contributed by atoms with van der Waals surface area (Å²) in [6, 6.07) is 14.4. The van der Waals surface area contributed by atoms with E-state index in [0.717, 1.165) is 22.1 Å². The summed E-state index contributed by atoms with van der Waals surface area (Å²) in [7, 11) is 0. The second-order valence-electron chi connectivity index (χ2n) is 4.51. The number of hydrogen-bond acceptors (Lipinski definition) is 3. The van der Waals surface area contributed by atoms with E-state index in [1.165, 1.54) is 5.39 Å². The molecule has 0 bridgehead atoms. The SMILES string of the molecule is Cc1ccc(C(CN)Sc2cc3ccccc3[nH]2)o1. The molecule has 3 N–H and O–H groups in total. The molecule has 1 unspecified atom stereocenters. The maximum absolute atomic E-state index is 5.86. The third-order valence-corrected chi connectivity index (χ3v) is 4.25. The predicted octanol–water partition coefficient (Wildman–Crippen LogP) is 3.86. The third kappa shape index (κ3) is 2.55. The van der Waals surface area contributed by atoms with Crippen LogP contribution in [-0.2, 0) is 0 Å². The van der Waals surface area contributed by atoms with Crippen molar-refractivity contribution in [2.75, 3.05) is 6.54 Å². The molecule has 0 amide bonds. The lowest BCUT2D eigenvalue weighted by molar-refractivity contribution is 0.481. The van der Waals surface area contributed by atoms with Gasteiger partial charge in [-0.1, -0.05) is 30.0 Å². The summed E-state index contributed by atoms with van der Waals surface area (Å²) >= 11 is 1.71. The molecule has 0 radical (unpaired) electrons. The van der Waals surface area contributed by atoms with Gasteiger partial charge in [0.1, 0.15) is 11.5 Å². The zero-order valence-electron chi connectivity index (χ0n) is 10.7. The minimum atomic E-state index is 0.141. The van der Waals surface area contributed by atoms with Crippen LogP contribution in [-0.4, -0.2) is 11.5 Å². The Bertz CT molecular complexity index is 653. The molecule has 0 aliphatic rings. The predicted molar refractivity (Wildman–Crippen MR) is 79.4 cm³/mol. The van der Waals surface area contributed by atoms with Gasteiger partial charge in [0.15, 0.2) is 0 Å². The van der Waals surface area contributed by atoms with Crippen molar-refractivity contribution < 1.29 is 4.42 Å². The summed E-state index contributed by atoms with van der Waals surface area (Å²) in [5.74, 6) is 1.86. The van der Waals surface area contributed by atoms with Gasteiger partial charge in [-0.2, -0.15) is 0 Å². The molecule has 0 fully saturated rings. The van der Waals surface area contributed by atoms with Crippen LogP contribution < -0.4 is 5.73 Å². The van der Waals surface area contributed by atoms with Crippen LogP contribution in [0.5, 0.6) is 0 Å². The van der Waals surface area contributed by atoms with Gasteiger partial charge < -0.3 is 15.1 Å². The van der Waals surface area contributed by atoms with Crippen molar-refractivity contribution in [1.82, 2.24) is 4.98 Å². The summed E-state index contributed by atoms with van der Waals surface area (Å²) in [6.45, 7) is 2.50. The van der Waals surface area contributed by atoms with Crippen molar-refractivity contribution in [1.29, 1.82) is 0 Å². The van der Waals surface area contributed by atoms with Gasteiger partial charge in [0.05, 0.1) is 10.3 Å². The number of thioether (sulfide) groups is 1. The Morgan fingerprint density at radius 3 is 2.79 bits per heavy atom. The quantitative estimate of drug-likeness (QED) is 0.709. The standard InChI is InChI=1S/C15H16N2OS/c1-10-6-7-13(18-10)14(9-16)19-15-8-11-4-2-3-5-12(11)17-15/h2-8,14,17H,9,16H2,1H3. The Balaban J connectivity index is 1.86. The van der Waals surface area contributed by atoms with Crippen molar-refractivity contribution in [2.24, 2.45) is 5.73 Å². The van der Waals surface area contributed by atoms with Crippen molar-refractivity contribution >= 4 is 22.7 Å². The maximum atomic E-state index is 5.86. The molecule has 1 aromatic carbocycles. The van der Waals surface area contributed by atoms with E-state index in [-0.39, 0.29) is 5.25 Å². The molecule has 1 atom stereocenters. The molecule has 2 heterocycles. The number of H-pyrrole nitrogens is 1. The minimum Gasteiger partial charge on any atom is -0.465 e. The molecule has 0 aliphatic carbocycles. The molecule has 98 valence electrons. The zero-order valence-corrected chi connectivity index (χ0v) is 11.5. The summed E-state index contributed by atoms with van der Waals surface area (Å²) in [5, 5.41) is 2.48. The van der Waals surface area contributed by atoms with E-state index in [0.29, 0.717) is 6.54 Å². The average molecular weight is 272 g/mol. The number of nitrogens with one attached hydrogen (secondary N) is 1. The molecule has 3 nitrogen and oxygen atoms in total. The Morgan fingerprint density at radius 2 is 2.11 bits per heavy atom. The number of furan rings is 1. The number of nitrogens with two attached hydrogens (primary N) is 1. The molecule has 0 spiro atoms. The highest BCUT2D eigenvalue weighted by Crippen LogP contribution is 2.36. The number of benzene rings is 1. The van der Waals surface area contributed by atoms with Crippen LogP contribution in [0.15, 0.2) is 51.9 Å². The number of aryl methyl sites for hydroxylation is 1. The van der Waals surface area contributed by atoms with Crippen molar-refractivity contribution in [3.63, 3.8) is 0 Å². The van der Waals surface area contributed by atoms with Gasteiger partial charge in [-0.25, -0.2) is 0 Å². The van der Waals surface area contributed by atoms with Gasteiger partial charge in [0.25, 0.3) is 0 Å². The zero-order chi connectivity index (χ0) is 13.2. The fraction of sp³-hybridized carbons (Fsp3) is 0.200. The summed E-state index contributed by atoms with van der Waals surface area (Å²) < 4.78 is 5.67. The first-order chi connectivity index (χ1) is 9.26. The van der Waals surface area contributed by atoms with Gasteiger partial charge in [0.2, 0.25) is 0 Å². The largest absolute Gasteiger partial charge is 0.465 e. The molecule has 2 aromatic heterocycles. The first kappa shape index (κ1) is 12.4. The van der Waals surface area contributed by atoms with Crippen LogP contribution in [0.2, 0.25) is 0 Å². The Kier molecular flexibility index (Phi) is 3.36. The summed E-state index contributed by atoms with van der Waals surface area (Å²) in [4.78, 5) is 3.40. The molecule has 19 heavy (non-hydrogen) atoms. The van der Waals surface area contributed by atoms with E-state index in [2.05, 4.69) is 23.2 Å². The Morgan fingerprint density at radius 1 is 1.26 bits per heavy atom.